The van der Waals surface area contributed by atoms with E-state index in [0.29, 0.717) is 18.8 Å². The maximum absolute atomic E-state index is 12.6. The van der Waals surface area contributed by atoms with Gasteiger partial charge in [0.25, 0.3) is 0 Å². The highest BCUT2D eigenvalue weighted by Gasteiger charge is 2.36. The number of rotatable bonds is 6. The summed E-state index contributed by atoms with van der Waals surface area (Å²) in [6, 6.07) is 6.33. The summed E-state index contributed by atoms with van der Waals surface area (Å²) >= 11 is 0. The summed E-state index contributed by atoms with van der Waals surface area (Å²) < 4.78 is 7.84. The van der Waals surface area contributed by atoms with Crippen LogP contribution in [0.1, 0.15) is 50.0 Å². The fourth-order valence-electron chi connectivity index (χ4n) is 3.80. The van der Waals surface area contributed by atoms with E-state index in [9.17, 15) is 4.79 Å². The third-order valence-electron chi connectivity index (χ3n) is 5.40. The predicted molar refractivity (Wildman–Crippen MR) is 90.5 cm³/mol. The zero-order valence-electron chi connectivity index (χ0n) is 14.2. The average Bonchev–Trinajstić information content (AvgIpc) is 3.08. The third-order valence-corrected chi connectivity index (χ3v) is 5.40. The number of aromatic nitrogens is 2. The van der Waals surface area contributed by atoms with E-state index in [1.807, 2.05) is 27.9 Å². The molecule has 24 heavy (non-hydrogen) atoms. The minimum Gasteiger partial charge on any atom is -0.466 e. The second-order valence-electron chi connectivity index (χ2n) is 7.23. The molecule has 0 bridgehead atoms. The molecule has 3 atom stereocenters. The van der Waals surface area contributed by atoms with Gasteiger partial charge in [-0.2, -0.15) is 5.10 Å². The highest BCUT2D eigenvalue weighted by Crippen LogP contribution is 2.47. The molecule has 0 spiro atoms. The van der Waals surface area contributed by atoms with E-state index < -0.39 is 0 Å². The third kappa shape index (κ3) is 3.25. The number of hydrogen-bond acceptors (Lipinski definition) is 3. The van der Waals surface area contributed by atoms with Crippen molar-refractivity contribution in [3.05, 3.63) is 42.1 Å². The molecule has 2 aromatic rings. The Morgan fingerprint density at radius 1 is 1.42 bits per heavy atom. The van der Waals surface area contributed by atoms with E-state index in [4.69, 9.17) is 4.42 Å². The Kier molecular flexibility index (Phi) is 4.17. The lowest BCUT2D eigenvalue weighted by atomic mass is 10.2. The molecular weight excluding hydrogens is 302 g/mol. The Morgan fingerprint density at radius 2 is 2.29 bits per heavy atom. The van der Waals surface area contributed by atoms with Crippen LogP contribution in [0.5, 0.6) is 0 Å². The normalized spacial score (nSPS) is 26.0. The van der Waals surface area contributed by atoms with E-state index in [2.05, 4.69) is 18.1 Å². The molecule has 0 unspecified atom stereocenters. The standard InChI is InChI=1S/C19H25N3O2/c1-14-12-17(14)18-7-5-16(24-18)6-8-19(23)22-11-2-4-15(22)13-21-10-3-9-20-21/h3,5,7,9-10,14-15,17H,2,4,6,8,11-13H2,1H3/t14-,15+,17-/m1/s1. The fraction of sp³-hybridized carbons (Fsp3) is 0.579. The van der Waals surface area contributed by atoms with Crippen LogP contribution in [0.3, 0.4) is 0 Å². The molecule has 5 heteroatoms. The maximum Gasteiger partial charge on any atom is 0.223 e. The summed E-state index contributed by atoms with van der Waals surface area (Å²) in [5.41, 5.74) is 0. The van der Waals surface area contributed by atoms with Crippen molar-refractivity contribution in [2.75, 3.05) is 6.54 Å². The van der Waals surface area contributed by atoms with Gasteiger partial charge in [-0.1, -0.05) is 6.92 Å². The van der Waals surface area contributed by atoms with Crippen LogP contribution in [0.2, 0.25) is 0 Å². The number of carbonyl (C=O) groups excluding carboxylic acids is 1. The Bertz CT molecular complexity index is 691. The molecule has 2 aliphatic rings. The molecule has 1 saturated carbocycles. The first-order valence-corrected chi connectivity index (χ1v) is 9.06. The molecule has 0 aromatic carbocycles. The number of likely N-dealkylation sites (tertiary alicyclic amines) is 1. The van der Waals surface area contributed by atoms with Crippen molar-refractivity contribution in [1.29, 1.82) is 0 Å². The van der Waals surface area contributed by atoms with Crippen molar-refractivity contribution in [2.24, 2.45) is 5.92 Å². The van der Waals surface area contributed by atoms with Gasteiger partial charge in [-0.3, -0.25) is 9.48 Å². The lowest BCUT2D eigenvalue weighted by Crippen LogP contribution is -2.38. The smallest absolute Gasteiger partial charge is 0.223 e. The number of nitrogens with zero attached hydrogens (tertiary/aromatic N) is 3. The van der Waals surface area contributed by atoms with Crippen LogP contribution < -0.4 is 0 Å². The van der Waals surface area contributed by atoms with Gasteiger partial charge in [0.1, 0.15) is 11.5 Å². The monoisotopic (exact) mass is 327 g/mol. The Labute approximate surface area is 142 Å². The first-order chi connectivity index (χ1) is 11.7. The molecule has 2 aromatic heterocycles. The quantitative estimate of drug-likeness (QED) is 0.818. The van der Waals surface area contributed by atoms with Crippen molar-refractivity contribution in [3.63, 3.8) is 0 Å². The van der Waals surface area contributed by atoms with E-state index in [1.54, 1.807) is 6.20 Å². The molecule has 128 valence electrons. The van der Waals surface area contributed by atoms with Gasteiger partial charge < -0.3 is 9.32 Å². The molecule has 3 heterocycles. The molecule has 0 radical (unpaired) electrons. The van der Waals surface area contributed by atoms with Crippen molar-refractivity contribution < 1.29 is 9.21 Å². The van der Waals surface area contributed by atoms with E-state index in [-0.39, 0.29) is 11.9 Å². The number of carbonyl (C=O) groups is 1. The van der Waals surface area contributed by atoms with Crippen molar-refractivity contribution in [2.45, 2.75) is 57.5 Å². The van der Waals surface area contributed by atoms with Gasteiger partial charge in [0.05, 0.1) is 12.6 Å². The fourth-order valence-corrected chi connectivity index (χ4v) is 3.80. The Hall–Kier alpha value is -2.04. The van der Waals surface area contributed by atoms with Crippen molar-refractivity contribution >= 4 is 5.91 Å². The summed E-state index contributed by atoms with van der Waals surface area (Å²) in [7, 11) is 0. The molecule has 1 aliphatic carbocycles. The van der Waals surface area contributed by atoms with Crippen LogP contribution in [0.4, 0.5) is 0 Å². The van der Waals surface area contributed by atoms with E-state index in [1.165, 1.54) is 6.42 Å². The number of hydrogen-bond donors (Lipinski definition) is 0. The first-order valence-electron chi connectivity index (χ1n) is 9.06. The highest BCUT2D eigenvalue weighted by atomic mass is 16.3. The van der Waals surface area contributed by atoms with Crippen LogP contribution >= 0.6 is 0 Å². The SMILES string of the molecule is C[C@@H]1C[C@H]1c1ccc(CCC(=O)N2CCC[C@H]2Cn2cccn2)o1. The molecule has 1 saturated heterocycles. The van der Waals surface area contributed by atoms with Gasteiger partial charge in [0, 0.05) is 37.7 Å². The van der Waals surface area contributed by atoms with Crippen LogP contribution in [0.15, 0.2) is 35.0 Å². The minimum atomic E-state index is 0.238. The van der Waals surface area contributed by atoms with Crippen molar-refractivity contribution in [3.8, 4) is 0 Å². The van der Waals surface area contributed by atoms with Crippen molar-refractivity contribution in [1.82, 2.24) is 14.7 Å². The van der Waals surface area contributed by atoms with Crippen LogP contribution in [-0.4, -0.2) is 33.2 Å². The Balaban J connectivity index is 1.31. The minimum absolute atomic E-state index is 0.238. The predicted octanol–water partition coefficient (Wildman–Crippen LogP) is 3.22. The number of aryl methyl sites for hydroxylation is 1. The molecule has 1 aliphatic heterocycles. The first kappa shape index (κ1) is 15.5. The average molecular weight is 327 g/mol. The largest absolute Gasteiger partial charge is 0.466 e. The lowest BCUT2D eigenvalue weighted by molar-refractivity contribution is -0.132. The summed E-state index contributed by atoms with van der Waals surface area (Å²) in [6.07, 6.45) is 8.36. The summed E-state index contributed by atoms with van der Waals surface area (Å²) in [6.45, 7) is 3.92. The van der Waals surface area contributed by atoms with Gasteiger partial charge in [0.2, 0.25) is 5.91 Å². The number of furan rings is 1. The molecule has 5 nitrogen and oxygen atoms in total. The van der Waals surface area contributed by atoms with E-state index >= 15 is 0 Å². The molecular formula is C19H25N3O2. The molecule has 0 N–H and O–H groups in total. The van der Waals surface area contributed by atoms with Crippen LogP contribution in [0.25, 0.3) is 0 Å². The second kappa shape index (κ2) is 6.46. The summed E-state index contributed by atoms with van der Waals surface area (Å²) in [5, 5.41) is 4.26. The van der Waals surface area contributed by atoms with E-state index in [0.717, 1.165) is 43.4 Å². The van der Waals surface area contributed by atoms with Gasteiger partial charge >= 0.3 is 0 Å². The molecule has 2 fully saturated rings. The zero-order valence-corrected chi connectivity index (χ0v) is 14.2. The highest BCUT2D eigenvalue weighted by molar-refractivity contribution is 5.77. The molecule has 4 rings (SSSR count). The topological polar surface area (TPSA) is 51.3 Å². The van der Waals surface area contributed by atoms with Crippen LogP contribution in [0, 0.1) is 5.92 Å². The molecule has 1 amide bonds. The van der Waals surface area contributed by atoms with Gasteiger partial charge in [-0.05, 0) is 43.4 Å². The Morgan fingerprint density at radius 3 is 3.04 bits per heavy atom. The van der Waals surface area contributed by atoms with Gasteiger partial charge in [0.15, 0.2) is 0 Å². The van der Waals surface area contributed by atoms with Crippen LogP contribution in [-0.2, 0) is 17.8 Å². The maximum atomic E-state index is 12.6. The van der Waals surface area contributed by atoms with Gasteiger partial charge in [-0.15, -0.1) is 0 Å². The second-order valence-corrected chi connectivity index (χ2v) is 7.23. The summed E-state index contributed by atoms with van der Waals surface area (Å²) in [4.78, 5) is 14.7. The van der Waals surface area contributed by atoms with Gasteiger partial charge in [-0.25, -0.2) is 0 Å². The zero-order chi connectivity index (χ0) is 16.5. The summed E-state index contributed by atoms with van der Waals surface area (Å²) in [5.74, 6) is 3.63. The number of amides is 1. The lowest BCUT2D eigenvalue weighted by Gasteiger charge is -2.24.